The van der Waals surface area contributed by atoms with Crippen LogP contribution in [0.15, 0.2) is 23.1 Å². The zero-order valence-corrected chi connectivity index (χ0v) is 18.5. The smallest absolute Gasteiger partial charge is 0.309 e. The van der Waals surface area contributed by atoms with E-state index < -0.39 is 45.3 Å². The summed E-state index contributed by atoms with van der Waals surface area (Å²) in [5, 5.41) is 25.5. The van der Waals surface area contributed by atoms with Gasteiger partial charge in [-0.15, -0.1) is 0 Å². The number of nitrogens with one attached hydrogen (secondary N) is 5. The van der Waals surface area contributed by atoms with Crippen LogP contribution in [0.1, 0.15) is 26.7 Å². The van der Waals surface area contributed by atoms with Crippen molar-refractivity contribution in [2.75, 3.05) is 20.1 Å². The topological polar surface area (TPSA) is 178 Å². The number of amides is 2. The summed E-state index contributed by atoms with van der Waals surface area (Å²) in [6, 6.07) is -1.27. The van der Waals surface area contributed by atoms with Gasteiger partial charge in [0.15, 0.2) is 0 Å². The minimum atomic E-state index is -4.23. The molecule has 6 N–H and O–H groups in total. The van der Waals surface area contributed by atoms with Gasteiger partial charge in [-0.25, -0.2) is 13.1 Å². The van der Waals surface area contributed by atoms with Crippen molar-refractivity contribution in [2.45, 2.75) is 38.3 Å². The molecule has 4 atom stereocenters. The molecule has 0 saturated carbocycles. The first-order valence-corrected chi connectivity index (χ1v) is 11.4. The minimum absolute atomic E-state index is 0.0222. The number of carboxylic acids is 1. The van der Waals surface area contributed by atoms with E-state index in [2.05, 4.69) is 20.7 Å². The molecule has 1 fully saturated rings. The zero-order chi connectivity index (χ0) is 23.4. The summed E-state index contributed by atoms with van der Waals surface area (Å²) in [5.74, 6) is -4.33. The Morgan fingerprint density at radius 2 is 2.10 bits per heavy atom. The van der Waals surface area contributed by atoms with E-state index in [0.29, 0.717) is 0 Å². The lowest BCUT2D eigenvalue weighted by atomic mass is 9.73. The normalized spacial score (nSPS) is 26.0. The zero-order valence-electron chi connectivity index (χ0n) is 17.7. The summed E-state index contributed by atoms with van der Waals surface area (Å²) in [6.45, 7) is 3.21. The number of carbonyl (C=O) groups excluding carboxylic acids is 2. The molecule has 2 aliphatic rings. The Hall–Kier alpha value is -2.57. The van der Waals surface area contributed by atoms with Gasteiger partial charge < -0.3 is 26.5 Å². The molecule has 1 heterocycles. The maximum absolute atomic E-state index is 13.1. The third-order valence-corrected chi connectivity index (χ3v) is 7.03. The lowest BCUT2D eigenvalue weighted by Crippen LogP contribution is -2.77. The SMILES string of the molecule is CCC(C(=O)O)[C@@]1(C(CCNC)NS(=O)(=O)C2=CC(=N)C(C)C=C2)NC(=O)CNC1=O. The number of rotatable bonds is 10. The number of allylic oxidation sites excluding steroid dienone is 3. The Bertz CT molecular complexity index is 928. The predicted octanol–water partition coefficient (Wildman–Crippen LogP) is -0.911. The second-order valence-electron chi connectivity index (χ2n) is 7.61. The standard InChI is InChI=1S/C19H29N5O6S/c1-4-13(17(26)27)19(18(28)22-10-16(25)23-19)15(7-8-21-3)24-31(29,30)12-6-5-11(2)14(20)9-12/h5-6,9,11,13,15,20-21,24H,4,7-8,10H2,1-3H3,(H,22,28)(H,23,25)(H,26,27)/t11?,13?,15?,19-/m0/s1. The molecular formula is C19H29N5O6S. The van der Waals surface area contributed by atoms with Crippen LogP contribution in [-0.2, 0) is 24.4 Å². The largest absolute Gasteiger partial charge is 0.481 e. The number of piperazine rings is 1. The van der Waals surface area contributed by atoms with Crippen LogP contribution in [0.3, 0.4) is 0 Å². The van der Waals surface area contributed by atoms with Crippen molar-refractivity contribution >= 4 is 33.5 Å². The number of carbonyl (C=O) groups is 3. The lowest BCUT2D eigenvalue weighted by Gasteiger charge is -2.45. The average molecular weight is 456 g/mol. The molecule has 3 unspecified atom stereocenters. The van der Waals surface area contributed by atoms with E-state index >= 15 is 0 Å². The highest BCUT2D eigenvalue weighted by atomic mass is 32.2. The van der Waals surface area contributed by atoms with Gasteiger partial charge in [0.05, 0.1) is 23.4 Å². The van der Waals surface area contributed by atoms with Crippen molar-refractivity contribution in [3.05, 3.63) is 23.1 Å². The van der Waals surface area contributed by atoms with Crippen LogP contribution < -0.4 is 20.7 Å². The van der Waals surface area contributed by atoms with Crippen molar-refractivity contribution in [3.63, 3.8) is 0 Å². The molecule has 2 amide bonds. The molecule has 31 heavy (non-hydrogen) atoms. The Morgan fingerprint density at radius 3 is 2.65 bits per heavy atom. The summed E-state index contributed by atoms with van der Waals surface area (Å²) in [7, 11) is -2.61. The van der Waals surface area contributed by atoms with Crippen molar-refractivity contribution in [3.8, 4) is 0 Å². The predicted molar refractivity (Wildman–Crippen MR) is 114 cm³/mol. The molecule has 11 nitrogen and oxygen atoms in total. The molecule has 172 valence electrons. The summed E-state index contributed by atoms with van der Waals surface area (Å²) in [5.41, 5.74) is -1.93. The highest BCUT2D eigenvalue weighted by Gasteiger charge is 2.57. The van der Waals surface area contributed by atoms with Crippen LogP contribution >= 0.6 is 0 Å². The fourth-order valence-electron chi connectivity index (χ4n) is 3.83. The number of carboxylic acid groups (broad SMARTS) is 1. The van der Waals surface area contributed by atoms with E-state index in [9.17, 15) is 27.9 Å². The molecule has 0 aromatic carbocycles. The second kappa shape index (κ2) is 9.71. The van der Waals surface area contributed by atoms with Gasteiger partial charge in [0.1, 0.15) is 5.54 Å². The first-order chi connectivity index (χ1) is 14.5. The molecule has 0 bridgehead atoms. The summed E-state index contributed by atoms with van der Waals surface area (Å²) < 4.78 is 28.7. The highest BCUT2D eigenvalue weighted by molar-refractivity contribution is 7.93. The Labute approximate surface area is 181 Å². The molecule has 0 aromatic heterocycles. The van der Waals surface area contributed by atoms with E-state index in [1.54, 1.807) is 27.0 Å². The number of hydrogen-bond acceptors (Lipinski definition) is 7. The third kappa shape index (κ3) is 5.02. The summed E-state index contributed by atoms with van der Waals surface area (Å²) in [4.78, 5) is 37.1. The van der Waals surface area contributed by atoms with Gasteiger partial charge in [0.25, 0.3) is 0 Å². The fraction of sp³-hybridized carbons (Fsp3) is 0.579. The Balaban J connectivity index is 2.57. The van der Waals surface area contributed by atoms with Gasteiger partial charge >= 0.3 is 5.97 Å². The van der Waals surface area contributed by atoms with Crippen LogP contribution in [0, 0.1) is 17.2 Å². The maximum Gasteiger partial charge on any atom is 0.309 e. The van der Waals surface area contributed by atoms with Gasteiger partial charge in [-0.2, -0.15) is 0 Å². The van der Waals surface area contributed by atoms with Gasteiger partial charge in [-0.05, 0) is 38.6 Å². The molecule has 1 aliphatic carbocycles. The molecule has 2 rings (SSSR count). The second-order valence-corrected chi connectivity index (χ2v) is 9.33. The van der Waals surface area contributed by atoms with E-state index in [0.717, 1.165) is 0 Å². The van der Waals surface area contributed by atoms with Gasteiger partial charge in [0, 0.05) is 11.6 Å². The molecule has 0 radical (unpaired) electrons. The van der Waals surface area contributed by atoms with Crippen LogP contribution in [-0.4, -0.2) is 68.7 Å². The van der Waals surface area contributed by atoms with Crippen molar-refractivity contribution in [1.29, 1.82) is 5.41 Å². The van der Waals surface area contributed by atoms with E-state index in [1.165, 1.54) is 12.2 Å². The first kappa shape index (κ1) is 24.7. The quantitative estimate of drug-likeness (QED) is 0.247. The first-order valence-electron chi connectivity index (χ1n) is 9.97. The van der Waals surface area contributed by atoms with E-state index in [1.807, 2.05) is 0 Å². The van der Waals surface area contributed by atoms with Crippen molar-refractivity contribution < 1.29 is 27.9 Å². The third-order valence-electron chi connectivity index (χ3n) is 5.57. The minimum Gasteiger partial charge on any atom is -0.481 e. The maximum atomic E-state index is 13.1. The van der Waals surface area contributed by atoms with Gasteiger partial charge in [-0.1, -0.05) is 19.9 Å². The van der Waals surface area contributed by atoms with E-state index in [-0.39, 0.29) is 42.5 Å². The Morgan fingerprint density at radius 1 is 1.42 bits per heavy atom. The van der Waals surface area contributed by atoms with Crippen LogP contribution in [0.5, 0.6) is 0 Å². The molecule has 12 heteroatoms. The lowest BCUT2D eigenvalue weighted by molar-refractivity contribution is -0.154. The van der Waals surface area contributed by atoms with Crippen LogP contribution in [0.25, 0.3) is 0 Å². The summed E-state index contributed by atoms with van der Waals surface area (Å²) in [6.07, 6.45) is 4.14. The monoisotopic (exact) mass is 455 g/mol. The molecule has 0 spiro atoms. The van der Waals surface area contributed by atoms with Gasteiger partial charge in [-0.3, -0.25) is 14.4 Å². The average Bonchev–Trinajstić information content (AvgIpc) is 2.69. The van der Waals surface area contributed by atoms with Gasteiger partial charge in [0.2, 0.25) is 21.8 Å². The molecular weight excluding hydrogens is 426 g/mol. The number of sulfonamides is 1. The van der Waals surface area contributed by atoms with E-state index in [4.69, 9.17) is 5.41 Å². The number of hydrogen-bond donors (Lipinski definition) is 6. The Kier molecular flexibility index (Phi) is 7.73. The molecule has 1 aliphatic heterocycles. The number of aliphatic carboxylic acids is 1. The molecule has 0 aromatic rings. The summed E-state index contributed by atoms with van der Waals surface area (Å²) >= 11 is 0. The van der Waals surface area contributed by atoms with Crippen molar-refractivity contribution in [1.82, 2.24) is 20.7 Å². The fourth-order valence-corrected chi connectivity index (χ4v) is 5.18. The highest BCUT2D eigenvalue weighted by Crippen LogP contribution is 2.31. The van der Waals surface area contributed by atoms with Crippen LogP contribution in [0.4, 0.5) is 0 Å². The van der Waals surface area contributed by atoms with Crippen molar-refractivity contribution in [2.24, 2.45) is 11.8 Å². The van der Waals surface area contributed by atoms with Crippen LogP contribution in [0.2, 0.25) is 0 Å². The molecule has 1 saturated heterocycles.